The van der Waals surface area contributed by atoms with E-state index in [1.807, 2.05) is 0 Å². The fourth-order valence-corrected chi connectivity index (χ4v) is 2.23. The standard InChI is InChI=1S/C15H14F2N4O3/c1-20-14(22)3-2-13(19-20)18-15(23)21-7-12(8-21)24-11-5-9(16)4-10(17)6-11/h2-6,12H,7-8H2,1H3,(H,18,19,23). The Kier molecular flexibility index (Phi) is 4.15. The van der Waals surface area contributed by atoms with Gasteiger partial charge in [-0.3, -0.25) is 10.1 Å². The van der Waals surface area contributed by atoms with Gasteiger partial charge in [0.1, 0.15) is 23.5 Å². The van der Waals surface area contributed by atoms with E-state index in [4.69, 9.17) is 4.74 Å². The van der Waals surface area contributed by atoms with Crippen LogP contribution >= 0.6 is 0 Å². The number of ether oxygens (including phenoxy) is 1. The number of nitrogens with one attached hydrogen (secondary N) is 1. The summed E-state index contributed by atoms with van der Waals surface area (Å²) in [5.74, 6) is -1.12. The van der Waals surface area contributed by atoms with Crippen LogP contribution in [0.15, 0.2) is 35.1 Å². The molecule has 2 amide bonds. The van der Waals surface area contributed by atoms with Crippen LogP contribution in [-0.4, -0.2) is 39.9 Å². The lowest BCUT2D eigenvalue weighted by Crippen LogP contribution is -2.57. The number of hydrogen-bond acceptors (Lipinski definition) is 4. The first-order chi connectivity index (χ1) is 11.4. The van der Waals surface area contributed by atoms with Gasteiger partial charge in [0.2, 0.25) is 0 Å². The number of benzene rings is 1. The number of carbonyl (C=O) groups is 1. The molecule has 1 fully saturated rings. The van der Waals surface area contributed by atoms with E-state index in [9.17, 15) is 18.4 Å². The van der Waals surface area contributed by atoms with Crippen molar-refractivity contribution in [2.24, 2.45) is 7.05 Å². The number of aryl methyl sites for hydroxylation is 1. The van der Waals surface area contributed by atoms with Gasteiger partial charge in [0.05, 0.1) is 13.1 Å². The van der Waals surface area contributed by atoms with Crippen LogP contribution < -0.4 is 15.6 Å². The fraction of sp³-hybridized carbons (Fsp3) is 0.267. The molecule has 0 aliphatic carbocycles. The summed E-state index contributed by atoms with van der Waals surface area (Å²) in [4.78, 5) is 24.7. The van der Waals surface area contributed by atoms with E-state index in [1.54, 1.807) is 0 Å². The largest absolute Gasteiger partial charge is 0.487 e. The lowest BCUT2D eigenvalue weighted by Gasteiger charge is -2.38. The number of aromatic nitrogens is 2. The second-order valence-corrected chi connectivity index (χ2v) is 5.36. The molecule has 1 aromatic carbocycles. The normalized spacial score (nSPS) is 14.2. The molecule has 2 aromatic rings. The van der Waals surface area contributed by atoms with Gasteiger partial charge in [-0.15, -0.1) is 0 Å². The minimum absolute atomic E-state index is 0.0808. The molecule has 0 unspecified atom stereocenters. The molecule has 0 atom stereocenters. The second kappa shape index (κ2) is 6.26. The molecule has 1 aromatic heterocycles. The highest BCUT2D eigenvalue weighted by Crippen LogP contribution is 2.21. The zero-order valence-corrected chi connectivity index (χ0v) is 12.7. The van der Waals surface area contributed by atoms with Gasteiger partial charge >= 0.3 is 6.03 Å². The molecule has 1 aliphatic heterocycles. The summed E-state index contributed by atoms with van der Waals surface area (Å²) in [7, 11) is 1.48. The van der Waals surface area contributed by atoms with Gasteiger partial charge in [0.15, 0.2) is 5.82 Å². The first-order valence-corrected chi connectivity index (χ1v) is 7.14. The zero-order chi connectivity index (χ0) is 17.3. The molecule has 0 spiro atoms. The predicted octanol–water partition coefficient (Wildman–Crippen LogP) is 1.35. The molecule has 2 heterocycles. The van der Waals surface area contributed by atoms with Crippen molar-refractivity contribution in [2.75, 3.05) is 18.4 Å². The molecule has 126 valence electrons. The van der Waals surface area contributed by atoms with Gasteiger partial charge in [-0.05, 0) is 6.07 Å². The number of carbonyl (C=O) groups excluding carboxylic acids is 1. The molecule has 0 radical (unpaired) electrons. The topological polar surface area (TPSA) is 76.5 Å². The van der Waals surface area contributed by atoms with Gasteiger partial charge < -0.3 is 9.64 Å². The summed E-state index contributed by atoms with van der Waals surface area (Å²) >= 11 is 0. The molecular formula is C15H14F2N4O3. The lowest BCUT2D eigenvalue weighted by molar-refractivity contribution is 0.0488. The Labute approximate surface area is 135 Å². The van der Waals surface area contributed by atoms with E-state index in [2.05, 4.69) is 10.4 Å². The number of hydrogen-bond donors (Lipinski definition) is 1. The van der Waals surface area contributed by atoms with Crippen molar-refractivity contribution in [3.05, 3.63) is 52.3 Å². The Hall–Kier alpha value is -2.97. The van der Waals surface area contributed by atoms with E-state index < -0.39 is 17.7 Å². The van der Waals surface area contributed by atoms with Crippen LogP contribution in [0, 0.1) is 11.6 Å². The number of urea groups is 1. The van der Waals surface area contributed by atoms with Crippen molar-refractivity contribution in [3.8, 4) is 5.75 Å². The van der Waals surface area contributed by atoms with Crippen LogP contribution in [0.5, 0.6) is 5.75 Å². The van der Waals surface area contributed by atoms with Crippen LogP contribution in [0.2, 0.25) is 0 Å². The van der Waals surface area contributed by atoms with Gasteiger partial charge in [0.25, 0.3) is 5.56 Å². The first-order valence-electron chi connectivity index (χ1n) is 7.14. The Balaban J connectivity index is 1.53. The molecule has 1 saturated heterocycles. The number of halogens is 2. The Morgan fingerprint density at radius 1 is 1.25 bits per heavy atom. The van der Waals surface area contributed by atoms with Crippen LogP contribution in [0.1, 0.15) is 0 Å². The van der Waals surface area contributed by atoms with Crippen LogP contribution in [-0.2, 0) is 7.05 Å². The van der Waals surface area contributed by atoms with E-state index in [1.165, 1.54) is 24.1 Å². The first kappa shape index (κ1) is 15.9. The fourth-order valence-electron chi connectivity index (χ4n) is 2.23. The van der Waals surface area contributed by atoms with Gasteiger partial charge in [-0.1, -0.05) is 0 Å². The van der Waals surface area contributed by atoms with Crippen LogP contribution in [0.4, 0.5) is 19.4 Å². The summed E-state index contributed by atoms with van der Waals surface area (Å²) in [6.45, 7) is 0.547. The van der Waals surface area contributed by atoms with Crippen molar-refractivity contribution in [3.63, 3.8) is 0 Å². The maximum Gasteiger partial charge on any atom is 0.323 e. The maximum absolute atomic E-state index is 13.1. The van der Waals surface area contributed by atoms with Crippen molar-refractivity contribution in [1.82, 2.24) is 14.7 Å². The molecule has 0 bridgehead atoms. The minimum atomic E-state index is -0.723. The third kappa shape index (κ3) is 3.50. The summed E-state index contributed by atoms with van der Waals surface area (Å²) in [6.07, 6.45) is -0.343. The molecule has 1 aliphatic rings. The molecule has 1 N–H and O–H groups in total. The lowest BCUT2D eigenvalue weighted by atomic mass is 10.2. The molecule has 3 rings (SSSR count). The SMILES string of the molecule is Cn1nc(NC(=O)N2CC(Oc3cc(F)cc(F)c3)C2)ccc1=O. The predicted molar refractivity (Wildman–Crippen MR) is 80.8 cm³/mol. The highest BCUT2D eigenvalue weighted by Gasteiger charge is 2.32. The Morgan fingerprint density at radius 2 is 1.92 bits per heavy atom. The average Bonchev–Trinajstić information content (AvgIpc) is 2.45. The van der Waals surface area contributed by atoms with Crippen molar-refractivity contribution < 1.29 is 18.3 Å². The minimum Gasteiger partial charge on any atom is -0.487 e. The van der Waals surface area contributed by atoms with E-state index in [-0.39, 0.29) is 36.3 Å². The van der Waals surface area contributed by atoms with Gasteiger partial charge in [-0.25, -0.2) is 18.3 Å². The van der Waals surface area contributed by atoms with Crippen molar-refractivity contribution >= 4 is 11.8 Å². The third-order valence-corrected chi connectivity index (χ3v) is 3.47. The number of anilines is 1. The second-order valence-electron chi connectivity index (χ2n) is 5.36. The van der Waals surface area contributed by atoms with E-state index in [0.717, 1.165) is 22.9 Å². The summed E-state index contributed by atoms with van der Waals surface area (Å²) in [6, 6.07) is 5.23. The molecule has 7 nitrogen and oxygen atoms in total. The number of likely N-dealkylation sites (tertiary alicyclic amines) is 1. The Morgan fingerprint density at radius 3 is 2.54 bits per heavy atom. The van der Waals surface area contributed by atoms with E-state index >= 15 is 0 Å². The monoisotopic (exact) mass is 336 g/mol. The molecule has 24 heavy (non-hydrogen) atoms. The van der Waals surface area contributed by atoms with Crippen LogP contribution in [0.3, 0.4) is 0 Å². The highest BCUT2D eigenvalue weighted by atomic mass is 19.1. The number of amides is 2. The third-order valence-electron chi connectivity index (χ3n) is 3.47. The van der Waals surface area contributed by atoms with Gasteiger partial charge in [0, 0.05) is 31.3 Å². The molecular weight excluding hydrogens is 322 g/mol. The smallest absolute Gasteiger partial charge is 0.323 e. The number of rotatable bonds is 3. The summed E-state index contributed by atoms with van der Waals surface area (Å²) in [5, 5.41) is 6.45. The summed E-state index contributed by atoms with van der Waals surface area (Å²) in [5.41, 5.74) is -0.285. The van der Waals surface area contributed by atoms with E-state index in [0.29, 0.717) is 0 Å². The summed E-state index contributed by atoms with van der Waals surface area (Å²) < 4.78 is 32.7. The molecule has 0 saturated carbocycles. The van der Waals surface area contributed by atoms with Crippen LogP contribution in [0.25, 0.3) is 0 Å². The molecule has 9 heteroatoms. The Bertz CT molecular complexity index is 813. The quantitative estimate of drug-likeness (QED) is 0.918. The number of nitrogens with zero attached hydrogens (tertiary/aromatic N) is 3. The average molecular weight is 336 g/mol. The van der Waals surface area contributed by atoms with Crippen molar-refractivity contribution in [2.45, 2.75) is 6.10 Å². The zero-order valence-electron chi connectivity index (χ0n) is 12.7. The maximum atomic E-state index is 13.1. The van der Waals surface area contributed by atoms with Gasteiger partial charge in [-0.2, -0.15) is 5.10 Å². The highest BCUT2D eigenvalue weighted by molar-refractivity contribution is 5.88. The van der Waals surface area contributed by atoms with Crippen molar-refractivity contribution in [1.29, 1.82) is 0 Å².